The van der Waals surface area contributed by atoms with Crippen molar-refractivity contribution in [3.63, 3.8) is 0 Å². The molecule has 0 fully saturated rings. The number of nitrogens with zero attached hydrogens (tertiary/aromatic N) is 1. The van der Waals surface area contributed by atoms with Gasteiger partial charge in [0.25, 0.3) is 10.0 Å². The van der Waals surface area contributed by atoms with Crippen LogP contribution in [0.4, 0.5) is 5.69 Å². The highest BCUT2D eigenvalue weighted by Crippen LogP contribution is 2.25. The summed E-state index contributed by atoms with van der Waals surface area (Å²) < 4.78 is 32.6. The summed E-state index contributed by atoms with van der Waals surface area (Å²) in [6.45, 7) is -0.510. The number of aromatic nitrogens is 1. The molecule has 0 unspecified atom stereocenters. The third kappa shape index (κ3) is 4.00. The minimum atomic E-state index is -4.04. The number of benzene rings is 3. The standard InChI is InChI=1S/C24H20N2O5S/c1-26(17-9-3-2-4-10-17)32(29,30)23-14-8-6-12-19(23)24(28)31-16-22(27)20-15-25-21-13-7-5-11-18(20)21/h2-15,25H,16H2,1H3. The van der Waals surface area contributed by atoms with Crippen molar-refractivity contribution in [2.75, 3.05) is 18.0 Å². The molecule has 0 aliphatic rings. The van der Waals surface area contributed by atoms with Crippen molar-refractivity contribution < 1.29 is 22.7 Å². The second-order valence-corrected chi connectivity index (χ2v) is 8.99. The number of ether oxygens (including phenoxy) is 1. The van der Waals surface area contributed by atoms with Crippen LogP contribution in [0.1, 0.15) is 20.7 Å². The number of rotatable bonds is 7. The number of sulfonamides is 1. The molecule has 0 spiro atoms. The van der Waals surface area contributed by atoms with Crippen LogP contribution in [-0.2, 0) is 14.8 Å². The number of anilines is 1. The topological polar surface area (TPSA) is 96.5 Å². The average molecular weight is 449 g/mol. The molecule has 0 bridgehead atoms. The molecule has 0 aliphatic heterocycles. The second-order valence-electron chi connectivity index (χ2n) is 7.05. The molecule has 1 aromatic heterocycles. The van der Waals surface area contributed by atoms with Crippen molar-refractivity contribution in [1.82, 2.24) is 4.98 Å². The first kappa shape index (κ1) is 21.3. The summed E-state index contributed by atoms with van der Waals surface area (Å²) in [5, 5.41) is 0.723. The van der Waals surface area contributed by atoms with Gasteiger partial charge in [-0.05, 0) is 30.3 Å². The smallest absolute Gasteiger partial charge is 0.339 e. The van der Waals surface area contributed by atoms with E-state index in [0.29, 0.717) is 11.3 Å². The summed E-state index contributed by atoms with van der Waals surface area (Å²) in [7, 11) is -2.63. The van der Waals surface area contributed by atoms with Gasteiger partial charge in [0.2, 0.25) is 5.78 Å². The zero-order valence-corrected chi connectivity index (χ0v) is 18.0. The normalized spacial score (nSPS) is 11.3. The Balaban J connectivity index is 1.56. The van der Waals surface area contributed by atoms with Gasteiger partial charge in [0, 0.05) is 29.7 Å². The summed E-state index contributed by atoms with van der Waals surface area (Å²) >= 11 is 0. The quantitative estimate of drug-likeness (QED) is 0.340. The third-order valence-electron chi connectivity index (χ3n) is 5.09. The molecule has 1 N–H and O–H groups in total. The lowest BCUT2D eigenvalue weighted by Gasteiger charge is -2.20. The van der Waals surface area contributed by atoms with E-state index < -0.39 is 28.4 Å². The summed E-state index contributed by atoms with van der Waals surface area (Å²) in [5.74, 6) is -1.28. The van der Waals surface area contributed by atoms with E-state index in [2.05, 4.69) is 4.98 Å². The van der Waals surface area contributed by atoms with Gasteiger partial charge < -0.3 is 9.72 Å². The van der Waals surface area contributed by atoms with Crippen LogP contribution in [0, 0.1) is 0 Å². The molecule has 4 rings (SSSR count). The Labute approximate surface area is 185 Å². The number of hydrogen-bond acceptors (Lipinski definition) is 5. The minimum Gasteiger partial charge on any atom is -0.454 e. The lowest BCUT2D eigenvalue weighted by Crippen LogP contribution is -2.28. The number of hydrogen-bond donors (Lipinski definition) is 1. The van der Waals surface area contributed by atoms with Crippen LogP contribution in [0.5, 0.6) is 0 Å². The van der Waals surface area contributed by atoms with E-state index in [4.69, 9.17) is 4.74 Å². The third-order valence-corrected chi connectivity index (χ3v) is 6.93. The molecule has 0 saturated carbocycles. The second kappa shape index (κ2) is 8.68. The predicted molar refractivity (Wildman–Crippen MR) is 121 cm³/mol. The fourth-order valence-electron chi connectivity index (χ4n) is 3.37. The molecule has 0 amide bonds. The van der Waals surface area contributed by atoms with E-state index in [1.807, 2.05) is 18.2 Å². The van der Waals surface area contributed by atoms with Crippen molar-refractivity contribution in [2.24, 2.45) is 0 Å². The van der Waals surface area contributed by atoms with Crippen molar-refractivity contribution in [1.29, 1.82) is 0 Å². The fraction of sp³-hybridized carbons (Fsp3) is 0.0833. The number of Topliss-reactive ketones (excluding diaryl/α,β-unsaturated/α-hetero) is 1. The van der Waals surface area contributed by atoms with Crippen LogP contribution in [0.25, 0.3) is 10.9 Å². The molecule has 0 radical (unpaired) electrons. The number of carbonyl (C=O) groups excluding carboxylic acids is 2. The Morgan fingerprint density at radius 3 is 2.31 bits per heavy atom. The summed E-state index contributed by atoms with van der Waals surface area (Å²) in [6.07, 6.45) is 1.56. The summed E-state index contributed by atoms with van der Waals surface area (Å²) in [5.41, 5.74) is 1.51. The van der Waals surface area contributed by atoms with Gasteiger partial charge in [0.1, 0.15) is 4.90 Å². The highest BCUT2D eigenvalue weighted by molar-refractivity contribution is 7.92. The van der Waals surface area contributed by atoms with E-state index in [1.54, 1.807) is 48.7 Å². The number of carbonyl (C=O) groups is 2. The van der Waals surface area contributed by atoms with Crippen LogP contribution in [0.15, 0.2) is 90.0 Å². The molecule has 3 aromatic carbocycles. The molecule has 0 saturated heterocycles. The number of esters is 1. The SMILES string of the molecule is CN(c1ccccc1)S(=O)(=O)c1ccccc1C(=O)OCC(=O)c1c[nH]c2ccccc12. The molecular formula is C24H20N2O5S. The first-order chi connectivity index (χ1) is 15.4. The van der Waals surface area contributed by atoms with E-state index >= 15 is 0 Å². The molecule has 7 nitrogen and oxygen atoms in total. The van der Waals surface area contributed by atoms with E-state index in [9.17, 15) is 18.0 Å². The van der Waals surface area contributed by atoms with E-state index in [-0.39, 0.29) is 10.5 Å². The number of fused-ring (bicyclic) bond motifs is 1. The number of H-pyrrole nitrogens is 1. The van der Waals surface area contributed by atoms with Gasteiger partial charge >= 0.3 is 5.97 Å². The van der Waals surface area contributed by atoms with Crippen LogP contribution >= 0.6 is 0 Å². The van der Waals surface area contributed by atoms with Crippen molar-refractivity contribution in [3.8, 4) is 0 Å². The maximum absolute atomic E-state index is 13.2. The maximum Gasteiger partial charge on any atom is 0.339 e. The predicted octanol–water partition coefficient (Wildman–Crippen LogP) is 4.03. The number of ketones is 1. The van der Waals surface area contributed by atoms with Gasteiger partial charge in [-0.25, -0.2) is 13.2 Å². The fourth-order valence-corrected chi connectivity index (χ4v) is 4.75. The first-order valence-electron chi connectivity index (χ1n) is 9.79. The Morgan fingerprint density at radius 2 is 1.53 bits per heavy atom. The molecule has 32 heavy (non-hydrogen) atoms. The van der Waals surface area contributed by atoms with Gasteiger partial charge in [-0.15, -0.1) is 0 Å². The highest BCUT2D eigenvalue weighted by Gasteiger charge is 2.28. The zero-order chi connectivity index (χ0) is 22.7. The van der Waals surface area contributed by atoms with Gasteiger partial charge in [-0.2, -0.15) is 0 Å². The van der Waals surface area contributed by atoms with Crippen LogP contribution in [0.2, 0.25) is 0 Å². The lowest BCUT2D eigenvalue weighted by molar-refractivity contribution is 0.0471. The Kier molecular flexibility index (Phi) is 5.79. The van der Waals surface area contributed by atoms with Crippen molar-refractivity contribution >= 4 is 38.4 Å². The molecule has 0 atom stereocenters. The van der Waals surface area contributed by atoms with Crippen LogP contribution in [0.3, 0.4) is 0 Å². The summed E-state index contributed by atoms with van der Waals surface area (Å²) in [6, 6.07) is 21.6. The largest absolute Gasteiger partial charge is 0.454 e. The van der Waals surface area contributed by atoms with E-state index in [0.717, 1.165) is 15.2 Å². The Hall–Kier alpha value is -3.91. The Bertz CT molecular complexity index is 1390. The molecular weight excluding hydrogens is 428 g/mol. The highest BCUT2D eigenvalue weighted by atomic mass is 32.2. The average Bonchev–Trinajstić information content (AvgIpc) is 3.26. The Morgan fingerprint density at radius 1 is 0.875 bits per heavy atom. The molecule has 162 valence electrons. The van der Waals surface area contributed by atoms with Gasteiger partial charge in [0.15, 0.2) is 6.61 Å². The molecule has 4 aromatic rings. The van der Waals surface area contributed by atoms with E-state index in [1.165, 1.54) is 25.2 Å². The molecule has 8 heteroatoms. The number of nitrogens with one attached hydrogen (secondary N) is 1. The van der Waals surface area contributed by atoms with Crippen molar-refractivity contribution in [3.05, 3.63) is 96.2 Å². The molecule has 1 heterocycles. The van der Waals surface area contributed by atoms with Gasteiger partial charge in [-0.3, -0.25) is 9.10 Å². The minimum absolute atomic E-state index is 0.137. The van der Waals surface area contributed by atoms with Gasteiger partial charge in [0.05, 0.1) is 11.3 Å². The molecule has 0 aliphatic carbocycles. The van der Waals surface area contributed by atoms with Crippen LogP contribution < -0.4 is 4.31 Å². The zero-order valence-electron chi connectivity index (χ0n) is 17.2. The monoisotopic (exact) mass is 448 g/mol. The number of aromatic amines is 1. The summed E-state index contributed by atoms with van der Waals surface area (Å²) in [4.78, 5) is 28.2. The van der Waals surface area contributed by atoms with Crippen molar-refractivity contribution in [2.45, 2.75) is 4.90 Å². The maximum atomic E-state index is 13.2. The number of para-hydroxylation sites is 2. The van der Waals surface area contributed by atoms with Gasteiger partial charge in [-0.1, -0.05) is 48.5 Å². The lowest BCUT2D eigenvalue weighted by atomic mass is 10.1. The first-order valence-corrected chi connectivity index (χ1v) is 11.2. The van der Waals surface area contributed by atoms with Crippen LogP contribution in [-0.4, -0.2) is 38.8 Å².